The summed E-state index contributed by atoms with van der Waals surface area (Å²) in [4.78, 5) is 10.2. The molecule has 0 amide bonds. The third kappa shape index (κ3) is 1.78. The van der Waals surface area contributed by atoms with Gasteiger partial charge in [-0.15, -0.1) is 0 Å². The molecule has 0 unspecified atom stereocenters. The van der Waals surface area contributed by atoms with Crippen molar-refractivity contribution >= 4 is 16.8 Å². The minimum atomic E-state index is -1.33. The zero-order valence-corrected chi connectivity index (χ0v) is 5.40. The first kappa shape index (κ1) is 7.88. The van der Waals surface area contributed by atoms with E-state index in [2.05, 4.69) is 0 Å². The van der Waals surface area contributed by atoms with Gasteiger partial charge in [0.15, 0.2) is 0 Å². The molecule has 0 bridgehead atoms. The fraction of sp³-hybridized carbons (Fsp3) is 0.750. The molecule has 0 saturated heterocycles. The Morgan fingerprint density at radius 3 is 2.12 bits per heavy atom. The van der Waals surface area contributed by atoms with E-state index in [-0.39, 0.29) is 0 Å². The van der Waals surface area contributed by atoms with Crippen molar-refractivity contribution in [1.29, 1.82) is 0 Å². The molecular formula is C4H9ClN2O. The highest BCUT2D eigenvalue weighted by Crippen LogP contribution is 2.00. The molecule has 0 aliphatic carbocycles. The maximum atomic E-state index is 10.2. The minimum absolute atomic E-state index is 0.356. The van der Waals surface area contributed by atoms with Crippen molar-refractivity contribution in [2.75, 3.05) is 0 Å². The second-order valence-corrected chi connectivity index (χ2v) is 2.01. The van der Waals surface area contributed by atoms with Crippen LogP contribution in [0.4, 0.5) is 0 Å². The number of hydrogen-bond acceptors (Lipinski definition) is 3. The van der Waals surface area contributed by atoms with Crippen LogP contribution in [0.2, 0.25) is 0 Å². The molecule has 3 nitrogen and oxygen atoms in total. The zero-order chi connectivity index (χ0) is 6.78. The average molecular weight is 137 g/mol. The Morgan fingerprint density at radius 1 is 1.75 bits per heavy atom. The molecule has 0 aliphatic rings. The van der Waals surface area contributed by atoms with Crippen LogP contribution in [-0.2, 0) is 4.79 Å². The molecule has 0 aromatic carbocycles. The molecule has 0 aliphatic heterocycles. The van der Waals surface area contributed by atoms with E-state index in [1.807, 2.05) is 0 Å². The number of halogens is 1. The largest absolute Gasteiger partial charge is 0.306 e. The molecule has 48 valence electrons. The van der Waals surface area contributed by atoms with Crippen LogP contribution in [0.25, 0.3) is 0 Å². The summed E-state index contributed by atoms with van der Waals surface area (Å²) in [6, 6.07) is 0. The third-order valence-electron chi connectivity index (χ3n) is 0.951. The van der Waals surface area contributed by atoms with E-state index in [0.29, 0.717) is 6.42 Å². The molecule has 0 saturated carbocycles. The Bertz CT molecular complexity index is 102. The Labute approximate surface area is 53.0 Å². The summed E-state index contributed by atoms with van der Waals surface area (Å²) in [6.45, 7) is 1.69. The molecule has 0 atom stereocenters. The van der Waals surface area contributed by atoms with Crippen molar-refractivity contribution in [1.82, 2.24) is 0 Å². The highest BCUT2D eigenvalue weighted by molar-refractivity contribution is 6.65. The van der Waals surface area contributed by atoms with Gasteiger partial charge in [0.1, 0.15) is 5.66 Å². The van der Waals surface area contributed by atoms with Gasteiger partial charge >= 0.3 is 0 Å². The van der Waals surface area contributed by atoms with Gasteiger partial charge in [-0.2, -0.15) is 0 Å². The first-order valence-corrected chi connectivity index (χ1v) is 2.66. The van der Waals surface area contributed by atoms with Gasteiger partial charge in [0.25, 0.3) is 5.24 Å². The lowest BCUT2D eigenvalue weighted by molar-refractivity contribution is -0.116. The van der Waals surface area contributed by atoms with Gasteiger partial charge in [-0.1, -0.05) is 6.92 Å². The van der Waals surface area contributed by atoms with Crippen molar-refractivity contribution in [3.05, 3.63) is 0 Å². The smallest absolute Gasteiger partial charge is 0.255 e. The molecule has 0 aromatic rings. The van der Waals surface area contributed by atoms with Gasteiger partial charge in [-0.05, 0) is 18.0 Å². The van der Waals surface area contributed by atoms with E-state index in [1.165, 1.54) is 0 Å². The van der Waals surface area contributed by atoms with Crippen LogP contribution in [0.3, 0.4) is 0 Å². The third-order valence-corrected chi connectivity index (χ3v) is 1.30. The van der Waals surface area contributed by atoms with Crippen LogP contribution < -0.4 is 11.5 Å². The molecule has 0 fully saturated rings. The van der Waals surface area contributed by atoms with Crippen LogP contribution in [0.15, 0.2) is 0 Å². The highest BCUT2D eigenvalue weighted by atomic mass is 35.5. The highest BCUT2D eigenvalue weighted by Gasteiger charge is 2.23. The standard InChI is InChI=1S/C4H9ClN2O/c1-2-4(6,7)3(5)8/h2,6-7H2,1H3. The lowest BCUT2D eigenvalue weighted by Gasteiger charge is -2.15. The molecule has 8 heavy (non-hydrogen) atoms. The van der Waals surface area contributed by atoms with Gasteiger partial charge < -0.3 is 11.5 Å². The summed E-state index contributed by atoms with van der Waals surface area (Å²) in [5, 5.41) is -0.694. The molecule has 0 heterocycles. The molecule has 0 spiro atoms. The minimum Gasteiger partial charge on any atom is -0.306 e. The lowest BCUT2D eigenvalue weighted by Crippen LogP contribution is -2.53. The first-order chi connectivity index (χ1) is 3.50. The van der Waals surface area contributed by atoms with Crippen LogP contribution in [0.5, 0.6) is 0 Å². The van der Waals surface area contributed by atoms with Crippen molar-refractivity contribution < 1.29 is 4.79 Å². The topological polar surface area (TPSA) is 69.1 Å². The van der Waals surface area contributed by atoms with E-state index < -0.39 is 10.9 Å². The lowest BCUT2D eigenvalue weighted by atomic mass is 10.2. The predicted octanol–water partition coefficient (Wildman–Crippen LogP) is -0.225. The van der Waals surface area contributed by atoms with E-state index >= 15 is 0 Å². The second kappa shape index (κ2) is 2.44. The van der Waals surface area contributed by atoms with Crippen molar-refractivity contribution in [3.63, 3.8) is 0 Å². The fourth-order valence-corrected chi connectivity index (χ4v) is 0.273. The fourth-order valence-electron chi connectivity index (χ4n) is 0.139. The normalized spacial score (nSPS) is 11.5. The van der Waals surface area contributed by atoms with Crippen molar-refractivity contribution in [3.8, 4) is 0 Å². The summed E-state index contributed by atoms with van der Waals surface area (Å²) < 4.78 is 0. The first-order valence-electron chi connectivity index (χ1n) is 2.28. The molecule has 0 rings (SSSR count). The maximum Gasteiger partial charge on any atom is 0.255 e. The molecule has 4 N–H and O–H groups in total. The van der Waals surface area contributed by atoms with Gasteiger partial charge in [0, 0.05) is 0 Å². The number of rotatable bonds is 2. The Morgan fingerprint density at radius 2 is 2.12 bits per heavy atom. The van der Waals surface area contributed by atoms with E-state index in [1.54, 1.807) is 6.92 Å². The van der Waals surface area contributed by atoms with Crippen LogP contribution in [-0.4, -0.2) is 10.9 Å². The summed E-state index contributed by atoms with van der Waals surface area (Å²) in [7, 11) is 0. The summed E-state index contributed by atoms with van der Waals surface area (Å²) in [5.74, 6) is 0. The Hall–Kier alpha value is -0.120. The number of carbonyl (C=O) groups excluding carboxylic acids is 1. The van der Waals surface area contributed by atoms with E-state index in [9.17, 15) is 4.79 Å². The average Bonchev–Trinajstić information content (AvgIpc) is 1.67. The predicted molar refractivity (Wildman–Crippen MR) is 32.3 cm³/mol. The quantitative estimate of drug-likeness (QED) is 0.407. The summed E-state index contributed by atoms with van der Waals surface area (Å²) >= 11 is 4.98. The molecule has 0 aromatic heterocycles. The van der Waals surface area contributed by atoms with Crippen molar-refractivity contribution in [2.24, 2.45) is 11.5 Å². The molecule has 0 radical (unpaired) electrons. The van der Waals surface area contributed by atoms with Crippen molar-refractivity contribution in [2.45, 2.75) is 19.0 Å². The number of hydrogen-bond donors (Lipinski definition) is 2. The van der Waals surface area contributed by atoms with Gasteiger partial charge in [0.2, 0.25) is 0 Å². The van der Waals surface area contributed by atoms with Crippen LogP contribution in [0, 0.1) is 0 Å². The number of carbonyl (C=O) groups is 1. The summed E-state index contributed by atoms with van der Waals surface area (Å²) in [6.07, 6.45) is 0.356. The Balaban J connectivity index is 3.91. The van der Waals surface area contributed by atoms with Gasteiger partial charge in [-0.25, -0.2) is 0 Å². The number of nitrogens with two attached hydrogens (primary N) is 2. The van der Waals surface area contributed by atoms with E-state index in [4.69, 9.17) is 23.1 Å². The van der Waals surface area contributed by atoms with Crippen LogP contribution in [0.1, 0.15) is 13.3 Å². The molecular weight excluding hydrogens is 128 g/mol. The van der Waals surface area contributed by atoms with E-state index in [0.717, 1.165) is 0 Å². The molecule has 4 heteroatoms. The second-order valence-electron chi connectivity index (χ2n) is 1.67. The zero-order valence-electron chi connectivity index (χ0n) is 4.65. The van der Waals surface area contributed by atoms with Gasteiger partial charge in [-0.3, -0.25) is 4.79 Å². The SMILES string of the molecule is CCC(N)(N)C(=O)Cl. The Kier molecular flexibility index (Phi) is 2.40. The monoisotopic (exact) mass is 136 g/mol. The summed E-state index contributed by atoms with van der Waals surface area (Å²) in [5.41, 5.74) is 8.98. The maximum absolute atomic E-state index is 10.2. The van der Waals surface area contributed by atoms with Crippen LogP contribution >= 0.6 is 11.6 Å². The van der Waals surface area contributed by atoms with Gasteiger partial charge in [0.05, 0.1) is 0 Å².